The molecule has 56 valence electrons. The molecule has 0 aromatic heterocycles. The highest BCUT2D eigenvalue weighted by atomic mass is 35.5. The Kier molecular flexibility index (Phi) is 4.48. The molecule has 0 aliphatic heterocycles. The van der Waals surface area contributed by atoms with Crippen molar-refractivity contribution < 1.29 is 35.5 Å². The van der Waals surface area contributed by atoms with Gasteiger partial charge in [-0.05, 0) is 0 Å². The second kappa shape index (κ2) is 3.55. The Labute approximate surface area is 55.1 Å². The summed E-state index contributed by atoms with van der Waals surface area (Å²) in [6, 6.07) is 0. The van der Waals surface area contributed by atoms with Crippen LogP contribution in [-0.2, 0) is 4.79 Å². The Bertz CT molecular complexity index is 99.7. The van der Waals surface area contributed by atoms with Crippen molar-refractivity contribution in [3.05, 3.63) is 0 Å². The van der Waals surface area contributed by atoms with Crippen molar-refractivity contribution in [2.24, 2.45) is 0 Å². The van der Waals surface area contributed by atoms with Crippen molar-refractivity contribution in [1.82, 2.24) is 0 Å². The lowest BCUT2D eigenvalue weighted by Gasteiger charge is -1.98. The second-order valence-corrected chi connectivity index (χ2v) is 1.19. The third kappa shape index (κ3) is 11.2. The molecule has 0 spiro atoms. The van der Waals surface area contributed by atoms with E-state index in [1.807, 2.05) is 0 Å². The number of rotatable bonds is 1. The predicted octanol–water partition coefficient (Wildman–Crippen LogP) is -1.97. The molecule has 0 amide bonds. The largest absolute Gasteiger partial charge is 1.00 e. The van der Waals surface area contributed by atoms with Gasteiger partial charge < -0.3 is 17.5 Å². The van der Waals surface area contributed by atoms with Crippen LogP contribution in [0.15, 0.2) is 0 Å². The fourth-order valence-corrected chi connectivity index (χ4v) is 0.171. The van der Waals surface area contributed by atoms with Gasteiger partial charge >= 0.3 is 12.1 Å². The van der Waals surface area contributed by atoms with Gasteiger partial charge in [0.2, 0.25) is 0 Å². The monoisotopic (exact) mass is 163 g/mol. The number of carboxylic acids is 1. The summed E-state index contributed by atoms with van der Waals surface area (Å²) in [5.74, 6) is -1.85. The molecule has 0 radical (unpaired) electrons. The van der Waals surface area contributed by atoms with Crippen LogP contribution in [0.2, 0.25) is 0 Å². The van der Waals surface area contributed by atoms with Gasteiger partial charge in [0, 0.05) is 0 Å². The average Bonchev–Trinajstić information content (AvgIpc) is 1.21. The summed E-state index contributed by atoms with van der Waals surface area (Å²) in [6.07, 6.45) is -6.33. The number of hydrogen-bond acceptors (Lipinski definition) is 1. The van der Waals surface area contributed by atoms with Crippen LogP contribution in [0.25, 0.3) is 0 Å². The minimum atomic E-state index is -4.58. The standard InChI is InChI=1S/C3H3F3O2.ClH/c4-3(5,6)1-2(7)8;/h1H2,(H,7,8);1H/p-1. The molecule has 6 heteroatoms. The van der Waals surface area contributed by atoms with Gasteiger partial charge in [-0.2, -0.15) is 13.2 Å². The number of aliphatic carboxylic acids is 1. The van der Waals surface area contributed by atoms with E-state index in [-0.39, 0.29) is 12.4 Å². The summed E-state index contributed by atoms with van der Waals surface area (Å²) in [7, 11) is 0. The summed E-state index contributed by atoms with van der Waals surface area (Å²) in [5, 5.41) is 7.53. The van der Waals surface area contributed by atoms with Gasteiger partial charge in [-0.3, -0.25) is 4.79 Å². The molecule has 0 fully saturated rings. The van der Waals surface area contributed by atoms with E-state index in [0.717, 1.165) is 0 Å². The number of carboxylic acid groups (broad SMARTS) is 1. The summed E-state index contributed by atoms with van der Waals surface area (Å²) in [5.41, 5.74) is 0. The Morgan fingerprint density at radius 1 is 1.44 bits per heavy atom. The predicted molar refractivity (Wildman–Crippen MR) is 18.3 cm³/mol. The summed E-state index contributed by atoms with van der Waals surface area (Å²) in [4.78, 5) is 9.29. The highest BCUT2D eigenvalue weighted by Crippen LogP contribution is 2.18. The van der Waals surface area contributed by atoms with Gasteiger partial charge in [-0.1, -0.05) is 0 Å². The van der Waals surface area contributed by atoms with E-state index in [1.54, 1.807) is 0 Å². The molecule has 0 aromatic rings. The zero-order valence-electron chi connectivity index (χ0n) is 4.07. The van der Waals surface area contributed by atoms with Crippen molar-refractivity contribution >= 4 is 5.97 Å². The average molecular weight is 164 g/mol. The fraction of sp³-hybridized carbons (Fsp3) is 0.667. The number of alkyl halides is 3. The zero-order chi connectivity index (χ0) is 6.78. The van der Waals surface area contributed by atoms with E-state index < -0.39 is 18.6 Å². The first-order valence-corrected chi connectivity index (χ1v) is 1.70. The quantitative estimate of drug-likeness (QED) is 0.487. The normalized spacial score (nSPS) is 10.1. The molecule has 0 heterocycles. The third-order valence-corrected chi connectivity index (χ3v) is 0.352. The molecule has 0 rings (SSSR count). The van der Waals surface area contributed by atoms with Crippen LogP contribution in [0, 0.1) is 0 Å². The van der Waals surface area contributed by atoms with E-state index in [2.05, 4.69) is 0 Å². The molecule has 0 aromatic carbocycles. The molecule has 0 unspecified atom stereocenters. The van der Waals surface area contributed by atoms with Crippen molar-refractivity contribution in [1.29, 1.82) is 0 Å². The first-order chi connectivity index (χ1) is 3.42. The number of hydrogen-bond donors (Lipinski definition) is 1. The van der Waals surface area contributed by atoms with E-state index >= 15 is 0 Å². The van der Waals surface area contributed by atoms with Crippen LogP contribution in [-0.4, -0.2) is 17.3 Å². The maximum atomic E-state index is 10.9. The molecule has 1 N–H and O–H groups in total. The lowest BCUT2D eigenvalue weighted by Crippen LogP contribution is -3.00. The minimum Gasteiger partial charge on any atom is -1.00 e. The number of halogens is 4. The van der Waals surface area contributed by atoms with Crippen LogP contribution in [0.3, 0.4) is 0 Å². The molecule has 0 bridgehead atoms. The molecule has 2 nitrogen and oxygen atoms in total. The Morgan fingerprint density at radius 2 is 1.78 bits per heavy atom. The summed E-state index contributed by atoms with van der Waals surface area (Å²) < 4.78 is 32.8. The van der Waals surface area contributed by atoms with Crippen molar-refractivity contribution in [3.8, 4) is 0 Å². The van der Waals surface area contributed by atoms with Gasteiger partial charge in [-0.15, -0.1) is 0 Å². The molecule has 0 aliphatic carbocycles. The van der Waals surface area contributed by atoms with Gasteiger partial charge in [-0.25, -0.2) is 0 Å². The van der Waals surface area contributed by atoms with Gasteiger partial charge in [0.25, 0.3) is 0 Å². The highest BCUT2D eigenvalue weighted by Gasteiger charge is 2.30. The summed E-state index contributed by atoms with van der Waals surface area (Å²) in [6.45, 7) is 0. The van der Waals surface area contributed by atoms with E-state index in [9.17, 15) is 18.0 Å². The molecule has 0 aliphatic rings. The summed E-state index contributed by atoms with van der Waals surface area (Å²) >= 11 is 0. The van der Waals surface area contributed by atoms with Gasteiger partial charge in [0.15, 0.2) is 0 Å². The minimum absolute atomic E-state index is 0. The molecule has 9 heavy (non-hydrogen) atoms. The smallest absolute Gasteiger partial charge is 0.399 e. The number of carbonyl (C=O) groups is 1. The first-order valence-electron chi connectivity index (χ1n) is 1.70. The fourth-order valence-electron chi connectivity index (χ4n) is 0.171. The maximum Gasteiger partial charge on any atom is 0.399 e. The SMILES string of the molecule is O=C(O)CC(F)(F)F.[Cl-]. The lowest BCUT2D eigenvalue weighted by atomic mass is 10.4. The van der Waals surface area contributed by atoms with Gasteiger partial charge in [0.05, 0.1) is 0 Å². The Hall–Kier alpha value is -0.450. The molecular weight excluding hydrogens is 160 g/mol. The van der Waals surface area contributed by atoms with E-state index in [1.165, 1.54) is 0 Å². The molecule has 0 saturated heterocycles. The van der Waals surface area contributed by atoms with E-state index in [0.29, 0.717) is 0 Å². The van der Waals surface area contributed by atoms with E-state index in [4.69, 9.17) is 5.11 Å². The highest BCUT2D eigenvalue weighted by molar-refractivity contribution is 5.67. The van der Waals surface area contributed by atoms with Crippen LogP contribution < -0.4 is 12.4 Å². The van der Waals surface area contributed by atoms with Crippen LogP contribution in [0.1, 0.15) is 6.42 Å². The van der Waals surface area contributed by atoms with Crippen molar-refractivity contribution in [2.45, 2.75) is 12.6 Å². The Balaban J connectivity index is 0. The first kappa shape index (κ1) is 11.4. The second-order valence-electron chi connectivity index (χ2n) is 1.19. The van der Waals surface area contributed by atoms with Crippen LogP contribution in [0.5, 0.6) is 0 Å². The van der Waals surface area contributed by atoms with Crippen LogP contribution in [0.4, 0.5) is 13.2 Å². The maximum absolute atomic E-state index is 10.9. The van der Waals surface area contributed by atoms with Crippen molar-refractivity contribution in [3.63, 3.8) is 0 Å². The molecular formula is C3H3ClF3O2-. The van der Waals surface area contributed by atoms with Crippen LogP contribution >= 0.6 is 0 Å². The third-order valence-electron chi connectivity index (χ3n) is 0.352. The molecule has 0 saturated carbocycles. The lowest BCUT2D eigenvalue weighted by molar-refractivity contribution is -0.166. The Morgan fingerprint density at radius 3 is 1.78 bits per heavy atom. The topological polar surface area (TPSA) is 37.3 Å². The van der Waals surface area contributed by atoms with Crippen molar-refractivity contribution in [2.75, 3.05) is 0 Å². The van der Waals surface area contributed by atoms with Gasteiger partial charge in [0.1, 0.15) is 6.42 Å². The molecule has 0 atom stereocenters. The zero-order valence-corrected chi connectivity index (χ0v) is 4.83.